The maximum absolute atomic E-state index is 12.2. The van der Waals surface area contributed by atoms with Crippen LogP contribution in [0, 0.1) is 0 Å². The Bertz CT molecular complexity index is 576. The zero-order valence-corrected chi connectivity index (χ0v) is 14.6. The number of alkyl halides is 3. The Morgan fingerprint density at radius 3 is 2.24 bits per heavy atom. The molecule has 0 fully saturated rings. The van der Waals surface area contributed by atoms with Crippen molar-refractivity contribution in [2.75, 3.05) is 14.2 Å². The first-order valence-electron chi connectivity index (χ1n) is 7.96. The number of methoxy groups -OCH3 is 2. The quantitative estimate of drug-likeness (QED) is 0.646. The largest absolute Gasteiger partial charge is 0.496 e. The number of hydrogen-bond donors (Lipinski definition) is 2. The smallest absolute Gasteiger partial charge is 0.404 e. The van der Waals surface area contributed by atoms with Gasteiger partial charge in [-0.1, -0.05) is 0 Å². The van der Waals surface area contributed by atoms with Crippen molar-refractivity contribution in [3.8, 4) is 11.5 Å². The highest BCUT2D eigenvalue weighted by Gasteiger charge is 2.26. The molecule has 0 saturated heterocycles. The molecule has 0 saturated carbocycles. The molecule has 1 atom stereocenters. The molecule has 2 N–H and O–H groups in total. The summed E-state index contributed by atoms with van der Waals surface area (Å²) >= 11 is 0. The van der Waals surface area contributed by atoms with E-state index in [-0.39, 0.29) is 12.5 Å². The molecular weight excluding hydrogens is 339 g/mol. The van der Waals surface area contributed by atoms with Crippen LogP contribution in [0.5, 0.6) is 11.5 Å². The first-order chi connectivity index (χ1) is 11.7. The van der Waals surface area contributed by atoms with Gasteiger partial charge in [0.2, 0.25) is 0 Å². The summed E-state index contributed by atoms with van der Waals surface area (Å²) in [5, 5.41) is 11.1. The highest BCUT2D eigenvalue weighted by Crippen LogP contribution is 2.31. The summed E-state index contributed by atoms with van der Waals surface area (Å²) in [5.74, 6) is 1.12. The number of ether oxygens (including phenoxy) is 2. The van der Waals surface area contributed by atoms with Crippen LogP contribution in [-0.2, 0) is 12.8 Å². The van der Waals surface area contributed by atoms with Gasteiger partial charge in [0, 0.05) is 12.5 Å². The molecule has 0 radical (unpaired) electrons. The van der Waals surface area contributed by atoms with E-state index in [1.54, 1.807) is 19.1 Å². The lowest BCUT2D eigenvalue weighted by Crippen LogP contribution is -2.32. The van der Waals surface area contributed by atoms with E-state index in [2.05, 4.69) is 5.32 Å². The number of carboxylic acid groups (broad SMARTS) is 1. The first kappa shape index (κ1) is 20.9. The van der Waals surface area contributed by atoms with Crippen LogP contribution >= 0.6 is 0 Å². The van der Waals surface area contributed by atoms with Gasteiger partial charge in [-0.15, -0.1) is 0 Å². The summed E-state index contributed by atoms with van der Waals surface area (Å²) in [6.45, 7) is 1.73. The monoisotopic (exact) mass is 363 g/mol. The fourth-order valence-corrected chi connectivity index (χ4v) is 2.61. The molecule has 0 aromatic heterocycles. The lowest BCUT2D eigenvalue weighted by atomic mass is 9.99. The minimum Gasteiger partial charge on any atom is -0.496 e. The summed E-state index contributed by atoms with van der Waals surface area (Å²) in [6.07, 6.45) is -4.77. The van der Waals surface area contributed by atoms with E-state index in [0.717, 1.165) is 11.1 Å². The van der Waals surface area contributed by atoms with Crippen LogP contribution in [-0.4, -0.2) is 37.6 Å². The number of benzene rings is 1. The van der Waals surface area contributed by atoms with Gasteiger partial charge in [-0.3, -0.25) is 0 Å². The average molecular weight is 363 g/mol. The molecule has 1 rings (SSSR count). The molecule has 0 aliphatic rings. The third kappa shape index (κ3) is 7.53. The second kappa shape index (κ2) is 9.39. The number of unbranched alkanes of at least 4 members (excludes halogenated alkanes) is 1. The summed E-state index contributed by atoms with van der Waals surface area (Å²) in [5.41, 5.74) is 1.53. The lowest BCUT2D eigenvalue weighted by Gasteiger charge is -2.18. The molecular formula is C17H24F3NO4. The minimum atomic E-state index is -4.14. The Balaban J connectivity index is 2.84. The SMILES string of the molecule is COc1cc(CC(C)NC(=O)O)c(OC)cc1CCCCC(F)(F)F. The Morgan fingerprint density at radius 2 is 1.72 bits per heavy atom. The van der Waals surface area contributed by atoms with E-state index in [1.807, 2.05) is 0 Å². The fourth-order valence-electron chi connectivity index (χ4n) is 2.61. The van der Waals surface area contributed by atoms with Gasteiger partial charge in [0.15, 0.2) is 0 Å². The third-order valence-electron chi connectivity index (χ3n) is 3.74. The Kier molecular flexibility index (Phi) is 7.86. The maximum Gasteiger partial charge on any atom is 0.404 e. The van der Waals surface area contributed by atoms with E-state index in [0.29, 0.717) is 30.8 Å². The number of carbonyl (C=O) groups is 1. The first-order valence-corrected chi connectivity index (χ1v) is 7.96. The Hall–Kier alpha value is -2.12. The number of amides is 1. The topological polar surface area (TPSA) is 67.8 Å². The van der Waals surface area contributed by atoms with Crippen molar-refractivity contribution in [2.24, 2.45) is 0 Å². The summed E-state index contributed by atoms with van der Waals surface area (Å²) in [7, 11) is 2.98. The minimum absolute atomic E-state index is 0.0519. The van der Waals surface area contributed by atoms with Crippen LogP contribution < -0.4 is 14.8 Å². The lowest BCUT2D eigenvalue weighted by molar-refractivity contribution is -0.135. The van der Waals surface area contributed by atoms with Crippen molar-refractivity contribution in [3.63, 3.8) is 0 Å². The van der Waals surface area contributed by atoms with Gasteiger partial charge < -0.3 is 19.9 Å². The predicted octanol–water partition coefficient (Wildman–Crippen LogP) is 4.18. The maximum atomic E-state index is 12.2. The second-order valence-corrected chi connectivity index (χ2v) is 5.85. The molecule has 1 aromatic carbocycles. The molecule has 0 spiro atoms. The van der Waals surface area contributed by atoms with Crippen LogP contribution in [0.4, 0.5) is 18.0 Å². The van der Waals surface area contributed by atoms with Crippen molar-refractivity contribution < 1.29 is 32.5 Å². The van der Waals surface area contributed by atoms with Gasteiger partial charge >= 0.3 is 12.3 Å². The van der Waals surface area contributed by atoms with Gasteiger partial charge in [-0.2, -0.15) is 13.2 Å². The average Bonchev–Trinajstić information content (AvgIpc) is 2.50. The molecule has 142 valence electrons. The molecule has 1 amide bonds. The molecule has 0 aliphatic carbocycles. The highest BCUT2D eigenvalue weighted by atomic mass is 19.4. The van der Waals surface area contributed by atoms with E-state index in [4.69, 9.17) is 14.6 Å². The van der Waals surface area contributed by atoms with Crippen LogP contribution in [0.2, 0.25) is 0 Å². The third-order valence-corrected chi connectivity index (χ3v) is 3.74. The highest BCUT2D eigenvalue weighted by molar-refractivity contribution is 5.64. The Labute approximate surface area is 145 Å². The number of hydrogen-bond acceptors (Lipinski definition) is 3. The van der Waals surface area contributed by atoms with Crippen LogP contribution in [0.25, 0.3) is 0 Å². The van der Waals surface area contributed by atoms with Gasteiger partial charge in [-0.05, 0) is 55.9 Å². The molecule has 0 bridgehead atoms. The summed E-state index contributed by atoms with van der Waals surface area (Å²) in [6, 6.07) is 3.17. The fraction of sp³-hybridized carbons (Fsp3) is 0.588. The van der Waals surface area contributed by atoms with E-state index < -0.39 is 18.7 Å². The van der Waals surface area contributed by atoms with Gasteiger partial charge in [0.1, 0.15) is 11.5 Å². The van der Waals surface area contributed by atoms with Crippen molar-refractivity contribution in [1.29, 1.82) is 0 Å². The number of halogens is 3. The molecule has 8 heteroatoms. The van der Waals surface area contributed by atoms with Crippen LogP contribution in [0.15, 0.2) is 12.1 Å². The predicted molar refractivity (Wildman–Crippen MR) is 87.5 cm³/mol. The van der Waals surface area contributed by atoms with E-state index in [9.17, 15) is 18.0 Å². The molecule has 5 nitrogen and oxygen atoms in total. The molecule has 1 unspecified atom stereocenters. The summed E-state index contributed by atoms with van der Waals surface area (Å²) < 4.78 is 47.3. The van der Waals surface area contributed by atoms with E-state index >= 15 is 0 Å². The molecule has 0 aliphatic heterocycles. The van der Waals surface area contributed by atoms with Gasteiger partial charge in [0.05, 0.1) is 14.2 Å². The second-order valence-electron chi connectivity index (χ2n) is 5.85. The van der Waals surface area contributed by atoms with Crippen LogP contribution in [0.3, 0.4) is 0 Å². The zero-order chi connectivity index (χ0) is 19.0. The van der Waals surface area contributed by atoms with Crippen LogP contribution in [0.1, 0.15) is 37.3 Å². The Morgan fingerprint density at radius 1 is 1.16 bits per heavy atom. The van der Waals surface area contributed by atoms with E-state index in [1.165, 1.54) is 14.2 Å². The molecule has 25 heavy (non-hydrogen) atoms. The standard InChI is InChI=1S/C17H24F3NO4/c1-11(21-16(22)23)8-13-10-14(24-2)12(9-15(13)25-3)6-4-5-7-17(18,19)20/h9-11,21H,4-8H2,1-3H3,(H,22,23). The van der Waals surface area contributed by atoms with Gasteiger partial charge in [-0.25, -0.2) is 4.79 Å². The van der Waals surface area contributed by atoms with Crippen molar-refractivity contribution in [1.82, 2.24) is 5.32 Å². The molecule has 0 heterocycles. The zero-order valence-electron chi connectivity index (χ0n) is 14.6. The summed E-state index contributed by atoms with van der Waals surface area (Å²) in [4.78, 5) is 10.7. The number of nitrogens with one attached hydrogen (secondary N) is 1. The number of rotatable bonds is 9. The van der Waals surface area contributed by atoms with Crippen molar-refractivity contribution in [3.05, 3.63) is 23.3 Å². The number of aryl methyl sites for hydroxylation is 1. The van der Waals surface area contributed by atoms with Crippen molar-refractivity contribution in [2.45, 2.75) is 51.2 Å². The van der Waals surface area contributed by atoms with Gasteiger partial charge in [0.25, 0.3) is 0 Å². The van der Waals surface area contributed by atoms with Crippen molar-refractivity contribution >= 4 is 6.09 Å². The molecule has 1 aromatic rings. The normalized spacial score (nSPS) is 12.6.